The highest BCUT2D eigenvalue weighted by Crippen LogP contribution is 2.12. The molecule has 45 heavy (non-hydrogen) atoms. The van der Waals surface area contributed by atoms with Gasteiger partial charge in [0.15, 0.2) is 0 Å². The Morgan fingerprint density at radius 3 is 1.98 bits per heavy atom. The average Bonchev–Trinajstić information content (AvgIpc) is 3.00. The Balaban J connectivity index is 2.96. The van der Waals surface area contributed by atoms with E-state index in [1.54, 1.807) is 19.1 Å². The summed E-state index contributed by atoms with van der Waals surface area (Å²) in [6, 6.07) is -0.124. The SMILES string of the molecule is CCNC(=O)[C@@H](NC(=O)[C@H](C)NC[C@H](CC(C)C)NC(=O)[C@H](CSC)NC(=O)[C@@H](NC(=O)c1ccncc1)[C@@H](C)CC)C(C)C. The lowest BCUT2D eigenvalue weighted by Gasteiger charge is -2.29. The number of amides is 5. The van der Waals surface area contributed by atoms with Gasteiger partial charge in [0.1, 0.15) is 18.1 Å². The van der Waals surface area contributed by atoms with E-state index in [0.29, 0.717) is 37.2 Å². The Labute approximate surface area is 273 Å². The van der Waals surface area contributed by atoms with E-state index in [-0.39, 0.29) is 41.5 Å². The molecule has 1 heterocycles. The Bertz CT molecular complexity index is 1090. The molecule has 0 radical (unpaired) electrons. The maximum Gasteiger partial charge on any atom is 0.252 e. The summed E-state index contributed by atoms with van der Waals surface area (Å²) in [7, 11) is 0. The molecular weight excluding hydrogens is 594 g/mol. The van der Waals surface area contributed by atoms with Gasteiger partial charge >= 0.3 is 0 Å². The van der Waals surface area contributed by atoms with E-state index in [1.165, 1.54) is 24.2 Å². The lowest BCUT2D eigenvalue weighted by atomic mass is 9.97. The zero-order valence-corrected chi connectivity index (χ0v) is 29.2. The van der Waals surface area contributed by atoms with E-state index in [0.717, 1.165) is 0 Å². The molecule has 0 bridgehead atoms. The van der Waals surface area contributed by atoms with Crippen molar-refractivity contribution < 1.29 is 24.0 Å². The third-order valence-corrected chi connectivity index (χ3v) is 8.12. The number of nitrogens with one attached hydrogen (secondary N) is 6. The maximum atomic E-state index is 13.5. The average molecular weight is 650 g/mol. The predicted molar refractivity (Wildman–Crippen MR) is 180 cm³/mol. The van der Waals surface area contributed by atoms with Crippen molar-refractivity contribution in [1.29, 1.82) is 0 Å². The summed E-state index contributed by atoms with van der Waals surface area (Å²) in [5.41, 5.74) is 0.389. The molecule has 6 N–H and O–H groups in total. The standard InChI is InChI=1S/C32H55N7O5S/c1-10-21(7)27(39-29(41)23-12-14-33-15-13-23)32(44)37-25(18-45-9)30(42)36-24(16-19(3)4)17-35-22(8)28(40)38-26(20(5)6)31(43)34-11-2/h12-15,19-22,24-27,35H,10-11,16-18H2,1-9H3,(H,34,43)(H,36,42)(H,37,44)(H,38,40)(H,39,41)/t21-,22-,24-,25-,26-,27-/m0/s1. The van der Waals surface area contributed by atoms with Crippen molar-refractivity contribution >= 4 is 41.3 Å². The van der Waals surface area contributed by atoms with E-state index < -0.39 is 36.0 Å². The predicted octanol–water partition coefficient (Wildman–Crippen LogP) is 1.86. The van der Waals surface area contributed by atoms with Gasteiger partial charge in [0.05, 0.1) is 6.04 Å². The highest BCUT2D eigenvalue weighted by atomic mass is 32.2. The number of hydrogen-bond donors (Lipinski definition) is 6. The molecule has 12 nitrogen and oxygen atoms in total. The second kappa shape index (κ2) is 20.8. The number of likely N-dealkylation sites (N-methyl/N-ethyl adjacent to an activating group) is 1. The van der Waals surface area contributed by atoms with Crippen LogP contribution in [0, 0.1) is 17.8 Å². The Hall–Kier alpha value is -3.19. The smallest absolute Gasteiger partial charge is 0.252 e. The number of pyridine rings is 1. The van der Waals surface area contributed by atoms with Crippen molar-refractivity contribution in [3.8, 4) is 0 Å². The van der Waals surface area contributed by atoms with Gasteiger partial charge in [-0.2, -0.15) is 11.8 Å². The van der Waals surface area contributed by atoms with E-state index >= 15 is 0 Å². The van der Waals surface area contributed by atoms with Crippen molar-refractivity contribution in [2.24, 2.45) is 17.8 Å². The first kappa shape index (κ1) is 39.8. The Kier molecular flexibility index (Phi) is 18.4. The first-order valence-electron chi connectivity index (χ1n) is 15.9. The molecule has 0 saturated carbocycles. The summed E-state index contributed by atoms with van der Waals surface area (Å²) in [5, 5.41) is 17.5. The van der Waals surface area contributed by atoms with Crippen LogP contribution < -0.4 is 31.9 Å². The van der Waals surface area contributed by atoms with Crippen LogP contribution in [-0.2, 0) is 19.2 Å². The normalized spacial score (nSPS) is 15.3. The monoisotopic (exact) mass is 649 g/mol. The topological polar surface area (TPSA) is 170 Å². The Morgan fingerprint density at radius 2 is 1.44 bits per heavy atom. The molecule has 1 rings (SSSR count). The number of carbonyl (C=O) groups is 5. The van der Waals surface area contributed by atoms with Crippen LogP contribution in [0.25, 0.3) is 0 Å². The largest absolute Gasteiger partial charge is 0.355 e. The van der Waals surface area contributed by atoms with E-state index in [4.69, 9.17) is 0 Å². The minimum absolute atomic E-state index is 0.0897. The highest BCUT2D eigenvalue weighted by molar-refractivity contribution is 7.98. The first-order chi connectivity index (χ1) is 21.2. The molecule has 254 valence electrons. The number of hydrogen-bond acceptors (Lipinski definition) is 8. The van der Waals surface area contributed by atoms with Crippen LogP contribution in [0.2, 0.25) is 0 Å². The fraction of sp³-hybridized carbons (Fsp3) is 0.688. The number of rotatable bonds is 20. The molecule has 1 aromatic rings. The number of nitrogens with zero attached hydrogens (tertiary/aromatic N) is 1. The van der Waals surface area contributed by atoms with Crippen molar-refractivity contribution in [3.05, 3.63) is 30.1 Å². The molecule has 0 aliphatic heterocycles. The lowest BCUT2D eigenvalue weighted by Crippen LogP contribution is -2.58. The van der Waals surface area contributed by atoms with Crippen LogP contribution >= 0.6 is 11.8 Å². The van der Waals surface area contributed by atoms with Crippen LogP contribution in [0.15, 0.2) is 24.5 Å². The summed E-state index contributed by atoms with van der Waals surface area (Å²) in [4.78, 5) is 69.1. The van der Waals surface area contributed by atoms with Gasteiger partial charge in [0.25, 0.3) is 5.91 Å². The molecule has 0 saturated heterocycles. The van der Waals surface area contributed by atoms with E-state index in [2.05, 4.69) is 36.9 Å². The molecule has 0 spiro atoms. The Morgan fingerprint density at radius 1 is 0.800 bits per heavy atom. The molecule has 0 aliphatic carbocycles. The summed E-state index contributed by atoms with van der Waals surface area (Å²) in [6.45, 7) is 16.0. The zero-order chi connectivity index (χ0) is 34.1. The summed E-state index contributed by atoms with van der Waals surface area (Å²) in [5.74, 6) is -1.40. The number of carbonyl (C=O) groups excluding carboxylic acids is 5. The summed E-state index contributed by atoms with van der Waals surface area (Å²) < 4.78 is 0. The molecule has 5 amide bonds. The minimum atomic E-state index is -0.839. The van der Waals surface area contributed by atoms with Crippen molar-refractivity contribution in [2.45, 2.75) is 98.4 Å². The zero-order valence-electron chi connectivity index (χ0n) is 28.4. The third-order valence-electron chi connectivity index (χ3n) is 7.45. The molecule has 6 atom stereocenters. The molecular formula is C32H55N7O5S. The summed E-state index contributed by atoms with van der Waals surface area (Å²) in [6.07, 6.45) is 6.15. The fourth-order valence-electron chi connectivity index (χ4n) is 4.61. The second-order valence-electron chi connectivity index (χ2n) is 12.2. The van der Waals surface area contributed by atoms with Gasteiger partial charge in [-0.3, -0.25) is 29.0 Å². The molecule has 0 unspecified atom stereocenters. The van der Waals surface area contributed by atoms with Gasteiger partial charge < -0.3 is 31.9 Å². The van der Waals surface area contributed by atoms with Crippen LogP contribution in [0.4, 0.5) is 0 Å². The molecule has 13 heteroatoms. The molecule has 0 aliphatic rings. The fourth-order valence-corrected chi connectivity index (χ4v) is 5.18. The molecule has 1 aromatic heterocycles. The molecule has 0 aromatic carbocycles. The van der Waals surface area contributed by atoms with Gasteiger partial charge in [-0.05, 0) is 56.4 Å². The second-order valence-corrected chi connectivity index (χ2v) is 13.1. The number of aromatic nitrogens is 1. The third kappa shape index (κ3) is 14.2. The van der Waals surface area contributed by atoms with Gasteiger partial charge in [-0.25, -0.2) is 0 Å². The van der Waals surface area contributed by atoms with Crippen LogP contribution in [0.5, 0.6) is 0 Å². The number of thioether (sulfide) groups is 1. The van der Waals surface area contributed by atoms with Crippen LogP contribution in [-0.4, -0.2) is 89.8 Å². The van der Waals surface area contributed by atoms with Crippen LogP contribution in [0.3, 0.4) is 0 Å². The van der Waals surface area contributed by atoms with Gasteiger partial charge in [-0.1, -0.05) is 48.0 Å². The highest BCUT2D eigenvalue weighted by Gasteiger charge is 2.31. The maximum absolute atomic E-state index is 13.5. The van der Waals surface area contributed by atoms with Crippen molar-refractivity contribution in [1.82, 2.24) is 36.9 Å². The van der Waals surface area contributed by atoms with Crippen LogP contribution in [0.1, 0.15) is 78.6 Å². The van der Waals surface area contributed by atoms with Gasteiger partial charge in [0.2, 0.25) is 23.6 Å². The lowest BCUT2D eigenvalue weighted by molar-refractivity contribution is -0.131. The van der Waals surface area contributed by atoms with Gasteiger partial charge in [-0.15, -0.1) is 0 Å². The van der Waals surface area contributed by atoms with Gasteiger partial charge in [0, 0.05) is 42.8 Å². The van der Waals surface area contributed by atoms with Crippen molar-refractivity contribution in [2.75, 3.05) is 25.1 Å². The van der Waals surface area contributed by atoms with E-state index in [9.17, 15) is 24.0 Å². The van der Waals surface area contributed by atoms with Crippen molar-refractivity contribution in [3.63, 3.8) is 0 Å². The quantitative estimate of drug-likeness (QED) is 0.124. The first-order valence-corrected chi connectivity index (χ1v) is 17.3. The van der Waals surface area contributed by atoms with E-state index in [1.807, 2.05) is 54.7 Å². The summed E-state index contributed by atoms with van der Waals surface area (Å²) >= 11 is 1.42. The minimum Gasteiger partial charge on any atom is -0.355 e. The molecule has 0 fully saturated rings.